The van der Waals surface area contributed by atoms with Crippen molar-refractivity contribution in [1.29, 1.82) is 0 Å². The first kappa shape index (κ1) is 22.3. The maximum absolute atomic E-state index is 13.2. The van der Waals surface area contributed by atoms with Crippen molar-refractivity contribution in [1.82, 2.24) is 10.0 Å². The number of amides is 3. The average Bonchev–Trinajstić information content (AvgIpc) is 2.64. The van der Waals surface area contributed by atoms with Crippen LogP contribution in [0.15, 0.2) is 54.6 Å². The van der Waals surface area contributed by atoms with Gasteiger partial charge in [-0.25, -0.2) is 9.59 Å². The molecular formula is C24H28N2O5. The SMILES string of the molecule is CC(C)(C)OC(=O)N1C(=O)C=C[C@H](c2ccc3ccccc3c2)N1C(=O)OC(C)(C)C. The number of rotatable bonds is 1. The predicted octanol–water partition coefficient (Wildman–Crippen LogP) is 5.37. The second kappa shape index (κ2) is 8.06. The standard InChI is InChI=1S/C24H28N2O5/c1-23(2,3)30-21(28)25-19(18-12-11-16-9-7-8-10-17(16)15-18)13-14-20(27)26(25)22(29)31-24(4,5)6/h7-15,19H,1-6H3/t19-/m1/s1. The molecule has 164 valence electrons. The number of hydrazine groups is 1. The molecule has 1 heterocycles. The van der Waals surface area contributed by atoms with Crippen LogP contribution in [0.2, 0.25) is 0 Å². The van der Waals surface area contributed by atoms with Crippen molar-refractivity contribution in [2.24, 2.45) is 0 Å². The number of benzene rings is 2. The summed E-state index contributed by atoms with van der Waals surface area (Å²) in [5.74, 6) is -0.683. The van der Waals surface area contributed by atoms with E-state index < -0.39 is 35.3 Å². The van der Waals surface area contributed by atoms with Crippen LogP contribution in [-0.4, -0.2) is 39.3 Å². The molecule has 0 radical (unpaired) electrons. The molecule has 0 bridgehead atoms. The number of fused-ring (bicyclic) bond motifs is 1. The third-order valence-corrected chi connectivity index (χ3v) is 4.37. The van der Waals surface area contributed by atoms with E-state index in [1.165, 1.54) is 6.08 Å². The summed E-state index contributed by atoms with van der Waals surface area (Å²) in [6, 6.07) is 12.8. The van der Waals surface area contributed by atoms with E-state index >= 15 is 0 Å². The molecule has 0 fully saturated rings. The highest BCUT2D eigenvalue weighted by Gasteiger charge is 2.43. The normalized spacial score (nSPS) is 17.1. The second-order valence-corrected chi connectivity index (χ2v) is 9.37. The Hall–Kier alpha value is -3.35. The highest BCUT2D eigenvalue weighted by Crippen LogP contribution is 2.32. The summed E-state index contributed by atoms with van der Waals surface area (Å²) in [5, 5.41) is 3.73. The zero-order valence-electron chi connectivity index (χ0n) is 18.7. The molecule has 1 atom stereocenters. The van der Waals surface area contributed by atoms with Gasteiger partial charge in [0, 0.05) is 6.08 Å². The summed E-state index contributed by atoms with van der Waals surface area (Å²) < 4.78 is 10.9. The molecule has 0 saturated heterocycles. The highest BCUT2D eigenvalue weighted by molar-refractivity contribution is 6.01. The maximum Gasteiger partial charge on any atom is 0.437 e. The Labute approximate surface area is 182 Å². The number of nitrogens with zero attached hydrogens (tertiary/aromatic N) is 2. The number of carbonyl (C=O) groups excluding carboxylic acids is 3. The van der Waals surface area contributed by atoms with Gasteiger partial charge in [0.25, 0.3) is 5.91 Å². The van der Waals surface area contributed by atoms with Crippen molar-refractivity contribution in [3.8, 4) is 0 Å². The Kier molecular flexibility index (Phi) is 5.81. The summed E-state index contributed by atoms with van der Waals surface area (Å²) in [7, 11) is 0. The number of imide groups is 1. The van der Waals surface area contributed by atoms with Crippen LogP contribution in [0.4, 0.5) is 9.59 Å². The molecule has 31 heavy (non-hydrogen) atoms. The van der Waals surface area contributed by atoms with Crippen LogP contribution in [0.25, 0.3) is 10.8 Å². The van der Waals surface area contributed by atoms with Gasteiger partial charge in [0.15, 0.2) is 0 Å². The Bertz CT molecular complexity index is 1050. The Balaban J connectivity index is 2.08. The molecule has 0 unspecified atom stereocenters. The Morgan fingerprint density at radius 1 is 0.839 bits per heavy atom. The van der Waals surface area contributed by atoms with Crippen LogP contribution >= 0.6 is 0 Å². The molecule has 7 heteroatoms. The van der Waals surface area contributed by atoms with E-state index in [0.717, 1.165) is 21.3 Å². The van der Waals surface area contributed by atoms with E-state index in [9.17, 15) is 14.4 Å². The van der Waals surface area contributed by atoms with Crippen LogP contribution in [0.3, 0.4) is 0 Å². The zero-order valence-corrected chi connectivity index (χ0v) is 18.7. The van der Waals surface area contributed by atoms with E-state index in [1.807, 2.05) is 42.5 Å². The first-order valence-electron chi connectivity index (χ1n) is 10.1. The van der Waals surface area contributed by atoms with Gasteiger partial charge in [-0.3, -0.25) is 4.79 Å². The first-order chi connectivity index (χ1) is 14.4. The van der Waals surface area contributed by atoms with Crippen LogP contribution in [0.1, 0.15) is 53.1 Å². The summed E-state index contributed by atoms with van der Waals surface area (Å²) in [4.78, 5) is 38.7. The minimum atomic E-state index is -0.946. The summed E-state index contributed by atoms with van der Waals surface area (Å²) in [6.45, 7) is 10.2. The fourth-order valence-corrected chi connectivity index (χ4v) is 3.19. The highest BCUT2D eigenvalue weighted by atomic mass is 16.6. The van der Waals surface area contributed by atoms with Gasteiger partial charge >= 0.3 is 12.2 Å². The van der Waals surface area contributed by atoms with E-state index in [0.29, 0.717) is 5.01 Å². The van der Waals surface area contributed by atoms with Crippen molar-refractivity contribution in [3.63, 3.8) is 0 Å². The quantitative estimate of drug-likeness (QED) is 0.615. The van der Waals surface area contributed by atoms with Crippen molar-refractivity contribution in [2.75, 3.05) is 0 Å². The molecular weight excluding hydrogens is 396 g/mol. The van der Waals surface area contributed by atoms with Crippen molar-refractivity contribution >= 4 is 28.9 Å². The van der Waals surface area contributed by atoms with Crippen LogP contribution in [-0.2, 0) is 14.3 Å². The van der Waals surface area contributed by atoms with Gasteiger partial charge in [-0.05, 0) is 70.0 Å². The molecule has 0 aromatic heterocycles. The monoisotopic (exact) mass is 424 g/mol. The fraction of sp³-hybridized carbons (Fsp3) is 0.375. The topological polar surface area (TPSA) is 76.2 Å². The maximum atomic E-state index is 13.2. The predicted molar refractivity (Wildman–Crippen MR) is 117 cm³/mol. The Morgan fingerprint density at radius 3 is 2.03 bits per heavy atom. The molecule has 3 amide bonds. The van der Waals surface area contributed by atoms with E-state index in [-0.39, 0.29) is 0 Å². The van der Waals surface area contributed by atoms with Gasteiger partial charge in [-0.15, -0.1) is 5.01 Å². The van der Waals surface area contributed by atoms with E-state index in [2.05, 4.69) is 0 Å². The fourth-order valence-electron chi connectivity index (χ4n) is 3.19. The Morgan fingerprint density at radius 2 is 1.42 bits per heavy atom. The van der Waals surface area contributed by atoms with Crippen LogP contribution < -0.4 is 0 Å². The van der Waals surface area contributed by atoms with Crippen LogP contribution in [0, 0.1) is 0 Å². The third-order valence-electron chi connectivity index (χ3n) is 4.37. The van der Waals surface area contributed by atoms with E-state index in [1.54, 1.807) is 47.6 Å². The molecule has 1 aliphatic heterocycles. The molecule has 2 aromatic carbocycles. The van der Waals surface area contributed by atoms with Crippen molar-refractivity contribution < 1.29 is 23.9 Å². The molecule has 0 N–H and O–H groups in total. The largest absolute Gasteiger partial charge is 0.442 e. The van der Waals surface area contributed by atoms with Gasteiger partial charge in [0.1, 0.15) is 17.2 Å². The second-order valence-electron chi connectivity index (χ2n) is 9.37. The van der Waals surface area contributed by atoms with E-state index in [4.69, 9.17) is 9.47 Å². The number of hydrogen-bond acceptors (Lipinski definition) is 5. The minimum absolute atomic E-state index is 0.683. The molecule has 0 saturated carbocycles. The summed E-state index contributed by atoms with van der Waals surface area (Å²) >= 11 is 0. The lowest BCUT2D eigenvalue weighted by atomic mass is 10.00. The van der Waals surface area contributed by atoms with Gasteiger partial charge in [0.05, 0.1) is 0 Å². The minimum Gasteiger partial charge on any atom is -0.442 e. The third kappa shape index (κ3) is 5.23. The molecule has 0 aliphatic carbocycles. The number of hydrogen-bond donors (Lipinski definition) is 0. The number of carbonyl (C=O) groups is 3. The molecule has 0 spiro atoms. The van der Waals surface area contributed by atoms with Crippen molar-refractivity contribution in [2.45, 2.75) is 58.8 Å². The molecule has 1 aliphatic rings. The zero-order chi connectivity index (χ0) is 23.0. The lowest BCUT2D eigenvalue weighted by Crippen LogP contribution is -2.57. The smallest absolute Gasteiger partial charge is 0.437 e. The number of ether oxygens (including phenoxy) is 2. The van der Waals surface area contributed by atoms with Gasteiger partial charge in [0.2, 0.25) is 0 Å². The summed E-state index contributed by atoms with van der Waals surface area (Å²) in [5.41, 5.74) is -0.951. The first-order valence-corrected chi connectivity index (χ1v) is 10.1. The summed E-state index contributed by atoms with van der Waals surface area (Å²) in [6.07, 6.45) is 1.08. The lowest BCUT2D eigenvalue weighted by Gasteiger charge is -2.40. The van der Waals surface area contributed by atoms with Crippen LogP contribution in [0.5, 0.6) is 0 Å². The lowest BCUT2D eigenvalue weighted by molar-refractivity contribution is -0.144. The molecule has 7 nitrogen and oxygen atoms in total. The molecule has 3 rings (SSSR count). The van der Waals surface area contributed by atoms with Gasteiger partial charge < -0.3 is 9.47 Å². The van der Waals surface area contributed by atoms with Crippen molar-refractivity contribution in [3.05, 3.63) is 60.2 Å². The van der Waals surface area contributed by atoms with Gasteiger partial charge in [-0.1, -0.05) is 36.4 Å². The van der Waals surface area contributed by atoms with Gasteiger partial charge in [-0.2, -0.15) is 5.01 Å². The average molecular weight is 424 g/mol. The molecule has 2 aromatic rings.